The Bertz CT molecular complexity index is 479. The summed E-state index contributed by atoms with van der Waals surface area (Å²) in [6.45, 7) is 1.56. The molecule has 0 atom stereocenters. The van der Waals surface area contributed by atoms with Crippen molar-refractivity contribution >= 4 is 15.8 Å². The molecule has 0 N–H and O–H groups in total. The van der Waals surface area contributed by atoms with Gasteiger partial charge in [-0.1, -0.05) is 10.6 Å². The second-order valence-electron chi connectivity index (χ2n) is 2.68. The molecule has 0 aliphatic carbocycles. The molecule has 1 radical (unpaired) electrons. The molecule has 0 aliphatic heterocycles. The molecule has 7 heteroatoms. The molecule has 0 saturated carbocycles. The van der Waals surface area contributed by atoms with Crippen LogP contribution in [0.3, 0.4) is 0 Å². The van der Waals surface area contributed by atoms with E-state index >= 15 is 0 Å². The molecular weight excluding hydrogens is 210 g/mol. The summed E-state index contributed by atoms with van der Waals surface area (Å²) in [5, 5.41) is 10.4. The van der Waals surface area contributed by atoms with Gasteiger partial charge in [0.1, 0.15) is 0 Å². The summed E-state index contributed by atoms with van der Waals surface area (Å²) in [6.07, 6.45) is 0. The van der Waals surface area contributed by atoms with Crippen LogP contribution in [0.1, 0.15) is 5.56 Å². The zero-order valence-electron chi connectivity index (χ0n) is 7.13. The minimum absolute atomic E-state index is 0.518. The fourth-order valence-corrected chi connectivity index (χ4v) is 1.61. The number of rotatable bonds is 2. The van der Waals surface area contributed by atoms with E-state index in [0.717, 1.165) is 12.1 Å². The van der Waals surface area contributed by atoms with Crippen molar-refractivity contribution in [3.8, 4) is 0 Å². The third kappa shape index (κ3) is 2.06. The summed E-state index contributed by atoms with van der Waals surface area (Å²) in [6, 6.07) is 3.32. The molecule has 0 aliphatic rings. The average Bonchev–Trinajstić information content (AvgIpc) is 2.01. The summed E-state index contributed by atoms with van der Waals surface area (Å²) in [5.74, 6) is 0. The molecule has 1 aromatic rings. The first kappa shape index (κ1) is 10.6. The first-order valence-electron chi connectivity index (χ1n) is 3.53. The second kappa shape index (κ2) is 3.35. The lowest BCUT2D eigenvalue weighted by Crippen LogP contribution is -2.02. The highest BCUT2D eigenvalue weighted by molar-refractivity contribution is 7.85. The van der Waals surface area contributed by atoms with Crippen LogP contribution in [0.4, 0.5) is 5.69 Å². The molecule has 0 unspecified atom stereocenters. The molecule has 1 aromatic carbocycles. The van der Waals surface area contributed by atoms with Crippen molar-refractivity contribution in [3.05, 3.63) is 33.9 Å². The molecule has 0 fully saturated rings. The van der Waals surface area contributed by atoms with Crippen molar-refractivity contribution < 1.29 is 17.9 Å². The van der Waals surface area contributed by atoms with Crippen LogP contribution >= 0.6 is 0 Å². The number of nitrogens with zero attached hydrogens (tertiary/aromatic N) is 1. The minimum Gasteiger partial charge on any atom is -0.258 e. The van der Waals surface area contributed by atoms with E-state index in [0.29, 0.717) is 5.56 Å². The molecule has 0 saturated heterocycles. The van der Waals surface area contributed by atoms with E-state index in [-0.39, 0.29) is 0 Å². The predicted octanol–water partition coefficient (Wildman–Crippen LogP) is 1.02. The van der Waals surface area contributed by atoms with Gasteiger partial charge in [-0.25, -0.2) is 0 Å². The van der Waals surface area contributed by atoms with Crippen molar-refractivity contribution in [2.24, 2.45) is 0 Å². The van der Waals surface area contributed by atoms with Gasteiger partial charge in [-0.15, -0.1) is 0 Å². The van der Waals surface area contributed by atoms with Gasteiger partial charge in [0.05, 0.1) is 4.92 Å². The molecule has 0 spiro atoms. The van der Waals surface area contributed by atoms with Crippen molar-refractivity contribution in [3.63, 3.8) is 0 Å². The zero-order valence-corrected chi connectivity index (χ0v) is 7.95. The van der Waals surface area contributed by atoms with Gasteiger partial charge in [-0.2, -0.15) is 8.42 Å². The highest BCUT2D eigenvalue weighted by Gasteiger charge is 2.24. The van der Waals surface area contributed by atoms with Gasteiger partial charge in [0, 0.05) is 6.07 Å². The monoisotopic (exact) mass is 216 g/mol. The van der Waals surface area contributed by atoms with Crippen molar-refractivity contribution in [2.75, 3.05) is 0 Å². The smallest absolute Gasteiger partial charge is 0.258 e. The quantitative estimate of drug-likeness (QED) is 0.544. The molecule has 0 amide bonds. The highest BCUT2D eigenvalue weighted by atomic mass is 32.2. The fraction of sp³-hybridized carbons (Fsp3) is 0.143. The SMILES string of the molecule is Cc1ccc(S([O])(=O)=O)c([N+](=O)[O-])c1. The van der Waals surface area contributed by atoms with Gasteiger partial charge in [0.2, 0.25) is 0 Å². The number of nitro groups is 1. The van der Waals surface area contributed by atoms with E-state index in [1.165, 1.54) is 6.07 Å². The fourth-order valence-electron chi connectivity index (χ4n) is 0.981. The maximum atomic E-state index is 10.6. The van der Waals surface area contributed by atoms with E-state index in [9.17, 15) is 23.1 Å². The molecule has 0 heterocycles. The zero-order chi connectivity index (χ0) is 10.9. The van der Waals surface area contributed by atoms with E-state index in [2.05, 4.69) is 0 Å². The summed E-state index contributed by atoms with van der Waals surface area (Å²) < 4.78 is 31.8. The molecule has 1 rings (SSSR count). The van der Waals surface area contributed by atoms with Gasteiger partial charge >= 0.3 is 10.1 Å². The number of nitro benzene ring substituents is 1. The van der Waals surface area contributed by atoms with Gasteiger partial charge < -0.3 is 0 Å². The van der Waals surface area contributed by atoms with Gasteiger partial charge in [-0.3, -0.25) is 10.1 Å². The minimum atomic E-state index is -4.79. The normalized spacial score (nSPS) is 11.3. The standard InChI is InChI=1S/C7H6NO5S/c1-5-2-3-7(14(11,12)13)6(4-5)8(9)10/h2-4H,1H3. The van der Waals surface area contributed by atoms with Crippen molar-refractivity contribution in [1.82, 2.24) is 0 Å². The van der Waals surface area contributed by atoms with Crippen molar-refractivity contribution in [2.45, 2.75) is 11.8 Å². The molecule has 0 bridgehead atoms. The van der Waals surface area contributed by atoms with Crippen LogP contribution in [0, 0.1) is 17.0 Å². The van der Waals surface area contributed by atoms with E-state index in [1.807, 2.05) is 0 Å². The van der Waals surface area contributed by atoms with Crippen LogP contribution in [-0.2, 0) is 14.7 Å². The summed E-state index contributed by atoms with van der Waals surface area (Å²) in [7, 11) is -4.79. The Hall–Kier alpha value is -1.47. The lowest BCUT2D eigenvalue weighted by atomic mass is 10.2. The van der Waals surface area contributed by atoms with Crippen LogP contribution in [-0.4, -0.2) is 13.3 Å². The predicted molar refractivity (Wildman–Crippen MR) is 45.7 cm³/mol. The Morgan fingerprint density at radius 3 is 2.36 bits per heavy atom. The first-order chi connectivity index (χ1) is 6.32. The molecular formula is C7H6NO5S. The van der Waals surface area contributed by atoms with Crippen LogP contribution in [0.5, 0.6) is 0 Å². The maximum absolute atomic E-state index is 10.6. The topological polar surface area (TPSA) is 97.2 Å². The number of aryl methyl sites for hydroxylation is 1. The Kier molecular flexibility index (Phi) is 2.54. The van der Waals surface area contributed by atoms with Crippen LogP contribution in [0.2, 0.25) is 0 Å². The molecule has 14 heavy (non-hydrogen) atoms. The Morgan fingerprint density at radius 1 is 1.36 bits per heavy atom. The van der Waals surface area contributed by atoms with Gasteiger partial charge in [-0.05, 0) is 18.6 Å². The van der Waals surface area contributed by atoms with Gasteiger partial charge in [0.25, 0.3) is 5.69 Å². The van der Waals surface area contributed by atoms with Crippen LogP contribution < -0.4 is 0 Å². The van der Waals surface area contributed by atoms with Crippen LogP contribution in [0.25, 0.3) is 0 Å². The largest absolute Gasteiger partial charge is 0.331 e. The Morgan fingerprint density at radius 2 is 1.93 bits per heavy atom. The van der Waals surface area contributed by atoms with Crippen molar-refractivity contribution in [1.29, 1.82) is 0 Å². The number of benzene rings is 1. The molecule has 6 nitrogen and oxygen atoms in total. The van der Waals surface area contributed by atoms with E-state index in [1.54, 1.807) is 6.92 Å². The number of hydrogen-bond acceptors (Lipinski definition) is 4. The lowest BCUT2D eigenvalue weighted by Gasteiger charge is -1.98. The van der Waals surface area contributed by atoms with E-state index < -0.39 is 25.6 Å². The third-order valence-electron chi connectivity index (χ3n) is 1.58. The van der Waals surface area contributed by atoms with Crippen LogP contribution in [0.15, 0.2) is 23.1 Å². The van der Waals surface area contributed by atoms with E-state index in [4.69, 9.17) is 0 Å². The van der Waals surface area contributed by atoms with Gasteiger partial charge in [0.15, 0.2) is 4.90 Å². The maximum Gasteiger partial charge on any atom is 0.331 e. The first-order valence-corrected chi connectivity index (χ1v) is 4.94. The number of hydrogen-bond donors (Lipinski definition) is 0. The molecule has 0 aromatic heterocycles. The summed E-state index contributed by atoms with van der Waals surface area (Å²) >= 11 is 0. The Labute approximate surface area is 80.1 Å². The lowest BCUT2D eigenvalue weighted by molar-refractivity contribution is -0.388. The summed E-state index contributed by atoms with van der Waals surface area (Å²) in [5.41, 5.74) is -0.163. The highest BCUT2D eigenvalue weighted by Crippen LogP contribution is 2.24. The average molecular weight is 216 g/mol. The molecule has 75 valence electrons. The second-order valence-corrected chi connectivity index (χ2v) is 4.03. The summed E-state index contributed by atoms with van der Waals surface area (Å²) in [4.78, 5) is 8.73. The third-order valence-corrected chi connectivity index (χ3v) is 2.46. The Balaban J connectivity index is 3.53.